The highest BCUT2D eigenvalue weighted by atomic mass is 32.1. The average molecular weight is 353 g/mol. The van der Waals surface area contributed by atoms with E-state index in [0.717, 1.165) is 35.4 Å². The zero-order valence-corrected chi connectivity index (χ0v) is 14.6. The molecule has 1 fully saturated rings. The Labute approximate surface area is 150 Å². The number of rotatable bonds is 5. The van der Waals surface area contributed by atoms with Crippen LogP contribution in [0.3, 0.4) is 0 Å². The Hall–Kier alpha value is -2.31. The molecule has 1 amide bonds. The van der Waals surface area contributed by atoms with Crippen LogP contribution in [0.2, 0.25) is 0 Å². The number of thiazole rings is 1. The highest BCUT2D eigenvalue weighted by Gasteiger charge is 2.24. The number of benzene rings is 1. The van der Waals surface area contributed by atoms with Crippen LogP contribution in [0.5, 0.6) is 0 Å². The summed E-state index contributed by atoms with van der Waals surface area (Å²) in [5, 5.41) is 0. The smallest absolute Gasteiger partial charge is 0.254 e. The lowest BCUT2D eigenvalue weighted by Gasteiger charge is -2.25. The summed E-state index contributed by atoms with van der Waals surface area (Å²) < 4.78 is 6.83. The molecule has 6 heteroatoms. The Balaban J connectivity index is 1.59. The zero-order chi connectivity index (χ0) is 17.1. The van der Waals surface area contributed by atoms with E-state index in [-0.39, 0.29) is 12.0 Å². The molecule has 0 aliphatic carbocycles. The minimum atomic E-state index is -0.00365. The molecule has 0 N–H and O–H groups in total. The third-order valence-electron chi connectivity index (χ3n) is 4.39. The van der Waals surface area contributed by atoms with Crippen molar-refractivity contribution in [2.75, 3.05) is 13.2 Å². The fourth-order valence-electron chi connectivity index (χ4n) is 3.11. The van der Waals surface area contributed by atoms with Gasteiger partial charge in [0.25, 0.3) is 5.91 Å². The van der Waals surface area contributed by atoms with Gasteiger partial charge in [0.1, 0.15) is 0 Å². The van der Waals surface area contributed by atoms with Crippen molar-refractivity contribution in [3.05, 3.63) is 59.4 Å². The van der Waals surface area contributed by atoms with Gasteiger partial charge in [0.05, 0.1) is 34.1 Å². The van der Waals surface area contributed by atoms with E-state index in [4.69, 9.17) is 4.74 Å². The Kier molecular flexibility index (Phi) is 4.72. The zero-order valence-electron chi connectivity index (χ0n) is 13.8. The number of nitrogens with zero attached hydrogens (tertiary/aromatic N) is 3. The first-order chi connectivity index (χ1) is 12.3. The maximum absolute atomic E-state index is 13.1. The van der Waals surface area contributed by atoms with Gasteiger partial charge in [0, 0.05) is 24.9 Å². The maximum atomic E-state index is 13.1. The lowest BCUT2D eigenvalue weighted by molar-refractivity contribution is 0.0504. The molecule has 0 spiro atoms. The summed E-state index contributed by atoms with van der Waals surface area (Å²) >= 11 is 1.58. The van der Waals surface area contributed by atoms with Crippen molar-refractivity contribution < 1.29 is 9.53 Å². The van der Waals surface area contributed by atoms with Crippen LogP contribution < -0.4 is 0 Å². The van der Waals surface area contributed by atoms with Gasteiger partial charge in [-0.15, -0.1) is 11.3 Å². The molecule has 0 radical (unpaired) electrons. The topological polar surface area (TPSA) is 55.3 Å². The number of aromatic nitrogens is 2. The number of pyridine rings is 1. The molecule has 1 aliphatic heterocycles. The van der Waals surface area contributed by atoms with Crippen LogP contribution in [0.4, 0.5) is 0 Å². The highest BCUT2D eigenvalue weighted by Crippen LogP contribution is 2.21. The second-order valence-corrected chi connectivity index (χ2v) is 7.06. The third kappa shape index (κ3) is 3.70. The normalized spacial score (nSPS) is 17.0. The molecule has 25 heavy (non-hydrogen) atoms. The van der Waals surface area contributed by atoms with Crippen molar-refractivity contribution in [2.45, 2.75) is 25.5 Å². The first-order valence-corrected chi connectivity index (χ1v) is 9.31. The Bertz CT molecular complexity index is 859. The van der Waals surface area contributed by atoms with Crippen LogP contribution in [-0.2, 0) is 11.3 Å². The number of carbonyl (C=O) groups is 1. The predicted molar refractivity (Wildman–Crippen MR) is 97.6 cm³/mol. The molecule has 2 aromatic heterocycles. The number of hydrogen-bond acceptors (Lipinski definition) is 5. The fourth-order valence-corrected chi connectivity index (χ4v) is 3.77. The van der Waals surface area contributed by atoms with Gasteiger partial charge in [-0.3, -0.25) is 9.78 Å². The first kappa shape index (κ1) is 16.2. The summed E-state index contributed by atoms with van der Waals surface area (Å²) in [5.41, 5.74) is 4.21. The minimum Gasteiger partial charge on any atom is -0.376 e. The maximum Gasteiger partial charge on any atom is 0.254 e. The van der Waals surface area contributed by atoms with E-state index in [1.54, 1.807) is 23.0 Å². The molecule has 3 aromatic rings. The molecule has 4 rings (SSSR count). The van der Waals surface area contributed by atoms with Crippen LogP contribution in [0.15, 0.2) is 48.1 Å². The van der Waals surface area contributed by atoms with Crippen LogP contribution in [0.25, 0.3) is 10.2 Å². The van der Waals surface area contributed by atoms with Gasteiger partial charge in [-0.05, 0) is 43.2 Å². The van der Waals surface area contributed by atoms with E-state index < -0.39 is 0 Å². The van der Waals surface area contributed by atoms with E-state index >= 15 is 0 Å². The molecule has 0 saturated carbocycles. The third-order valence-corrected chi connectivity index (χ3v) is 5.20. The Morgan fingerprint density at radius 3 is 3.04 bits per heavy atom. The second kappa shape index (κ2) is 7.29. The minimum absolute atomic E-state index is 0.00365. The van der Waals surface area contributed by atoms with Crippen LogP contribution >= 0.6 is 11.3 Å². The second-order valence-electron chi connectivity index (χ2n) is 6.18. The van der Waals surface area contributed by atoms with E-state index in [2.05, 4.69) is 9.97 Å². The van der Waals surface area contributed by atoms with E-state index in [0.29, 0.717) is 18.7 Å². The van der Waals surface area contributed by atoms with Gasteiger partial charge in [-0.2, -0.15) is 0 Å². The summed E-state index contributed by atoms with van der Waals surface area (Å²) in [4.78, 5) is 23.6. The number of carbonyl (C=O) groups excluding carboxylic acids is 1. The molecule has 1 atom stereocenters. The van der Waals surface area contributed by atoms with Crippen molar-refractivity contribution >= 4 is 27.5 Å². The van der Waals surface area contributed by atoms with Crippen LogP contribution in [-0.4, -0.2) is 40.0 Å². The molecule has 1 aliphatic rings. The Morgan fingerprint density at radius 2 is 2.24 bits per heavy atom. The summed E-state index contributed by atoms with van der Waals surface area (Å²) in [5.74, 6) is -0.00365. The van der Waals surface area contributed by atoms with Crippen molar-refractivity contribution in [2.24, 2.45) is 0 Å². The van der Waals surface area contributed by atoms with Gasteiger partial charge >= 0.3 is 0 Å². The summed E-state index contributed by atoms with van der Waals surface area (Å²) in [6.07, 6.45) is 3.92. The number of hydrogen-bond donors (Lipinski definition) is 0. The molecule has 3 heterocycles. The van der Waals surface area contributed by atoms with Crippen LogP contribution in [0.1, 0.15) is 28.9 Å². The molecule has 1 aromatic carbocycles. The quantitative estimate of drug-likeness (QED) is 0.704. The fraction of sp³-hybridized carbons (Fsp3) is 0.316. The number of amides is 1. The summed E-state index contributed by atoms with van der Waals surface area (Å²) in [6.45, 7) is 1.85. The standard InChI is InChI=1S/C19H19N3O2S/c23-19(14-6-7-18-17(10-14)21-13-25-18)22(12-16-5-3-9-24-16)11-15-4-1-2-8-20-15/h1-2,4,6-8,10,13,16H,3,5,9,11-12H2/t16-/m1/s1. The highest BCUT2D eigenvalue weighted by molar-refractivity contribution is 7.16. The molecule has 128 valence electrons. The number of fused-ring (bicyclic) bond motifs is 1. The van der Waals surface area contributed by atoms with Crippen molar-refractivity contribution in [1.29, 1.82) is 0 Å². The summed E-state index contributed by atoms with van der Waals surface area (Å²) in [7, 11) is 0. The largest absolute Gasteiger partial charge is 0.376 e. The van der Waals surface area contributed by atoms with Gasteiger partial charge in [0.15, 0.2) is 0 Å². The van der Waals surface area contributed by atoms with E-state index in [1.807, 2.05) is 41.3 Å². The molecule has 1 saturated heterocycles. The molecular weight excluding hydrogens is 334 g/mol. The lowest BCUT2D eigenvalue weighted by atomic mass is 10.1. The SMILES string of the molecule is O=C(c1ccc2scnc2c1)N(Cc1ccccn1)C[C@H]1CCCO1. The van der Waals surface area contributed by atoms with E-state index in [9.17, 15) is 4.79 Å². The van der Waals surface area contributed by atoms with E-state index in [1.165, 1.54) is 0 Å². The molecule has 0 unspecified atom stereocenters. The van der Waals surface area contributed by atoms with Crippen molar-refractivity contribution in [3.63, 3.8) is 0 Å². The monoisotopic (exact) mass is 353 g/mol. The first-order valence-electron chi connectivity index (χ1n) is 8.43. The number of ether oxygens (including phenoxy) is 1. The average Bonchev–Trinajstić information content (AvgIpc) is 3.32. The Morgan fingerprint density at radius 1 is 1.28 bits per heavy atom. The van der Waals surface area contributed by atoms with Gasteiger partial charge in [-0.1, -0.05) is 6.07 Å². The van der Waals surface area contributed by atoms with Crippen molar-refractivity contribution in [1.82, 2.24) is 14.9 Å². The predicted octanol–water partition coefficient (Wildman–Crippen LogP) is 3.51. The van der Waals surface area contributed by atoms with Crippen molar-refractivity contribution in [3.8, 4) is 0 Å². The molecule has 5 nitrogen and oxygen atoms in total. The molecular formula is C19H19N3O2S. The van der Waals surface area contributed by atoms with Crippen LogP contribution in [0, 0.1) is 0 Å². The van der Waals surface area contributed by atoms with Gasteiger partial charge in [-0.25, -0.2) is 4.98 Å². The lowest BCUT2D eigenvalue weighted by Crippen LogP contribution is -2.37. The summed E-state index contributed by atoms with van der Waals surface area (Å²) in [6, 6.07) is 11.5. The van der Waals surface area contributed by atoms with Gasteiger partial charge < -0.3 is 9.64 Å². The molecule has 0 bridgehead atoms. The van der Waals surface area contributed by atoms with Gasteiger partial charge in [0.2, 0.25) is 0 Å².